The number of halogens is 3. The summed E-state index contributed by atoms with van der Waals surface area (Å²) in [5.74, 6) is -2.02. The van der Waals surface area contributed by atoms with Crippen LogP contribution >= 0.6 is 0 Å². The van der Waals surface area contributed by atoms with Gasteiger partial charge in [0.25, 0.3) is 0 Å². The number of rotatable bonds is 4. The fraction of sp³-hybridized carbons (Fsp3) is 0.857. The van der Waals surface area contributed by atoms with Crippen LogP contribution in [0.4, 0.5) is 13.2 Å². The molecular weight excluding hydrogens is 287 g/mol. The summed E-state index contributed by atoms with van der Waals surface area (Å²) in [6.07, 6.45) is -1.71. The summed E-state index contributed by atoms with van der Waals surface area (Å²) in [7, 11) is 0. The van der Waals surface area contributed by atoms with Gasteiger partial charge in [0.15, 0.2) is 0 Å². The van der Waals surface area contributed by atoms with Crippen molar-refractivity contribution in [2.24, 2.45) is 5.41 Å². The molecule has 2 N–H and O–H groups in total. The van der Waals surface area contributed by atoms with Gasteiger partial charge in [-0.25, -0.2) is 4.79 Å². The molecule has 1 saturated carbocycles. The van der Waals surface area contributed by atoms with Crippen LogP contribution < -0.4 is 5.32 Å². The van der Waals surface area contributed by atoms with E-state index in [-0.39, 0.29) is 12.8 Å². The lowest BCUT2D eigenvalue weighted by Crippen LogP contribution is -2.55. The molecule has 0 heterocycles. The second-order valence-electron chi connectivity index (χ2n) is 6.41. The number of carbonyl (C=O) groups is 2. The van der Waals surface area contributed by atoms with E-state index in [4.69, 9.17) is 0 Å². The summed E-state index contributed by atoms with van der Waals surface area (Å²) in [6, 6.07) is 0. The van der Waals surface area contributed by atoms with Gasteiger partial charge in [-0.2, -0.15) is 13.2 Å². The van der Waals surface area contributed by atoms with E-state index in [1.807, 2.05) is 0 Å². The summed E-state index contributed by atoms with van der Waals surface area (Å²) in [6.45, 7) is 1.88. The number of amides is 1. The summed E-state index contributed by atoms with van der Waals surface area (Å²) in [5, 5.41) is 11.7. The van der Waals surface area contributed by atoms with E-state index in [1.165, 1.54) is 0 Å². The topological polar surface area (TPSA) is 66.4 Å². The highest BCUT2D eigenvalue weighted by Crippen LogP contribution is 2.40. The summed E-state index contributed by atoms with van der Waals surface area (Å²) in [4.78, 5) is 23.4. The molecule has 0 saturated heterocycles. The number of hydrogen-bond donors (Lipinski definition) is 2. The van der Waals surface area contributed by atoms with Crippen molar-refractivity contribution in [3.8, 4) is 0 Å². The number of aliphatic carboxylic acids is 1. The number of alkyl halides is 3. The van der Waals surface area contributed by atoms with Crippen LogP contribution in [0, 0.1) is 5.41 Å². The molecule has 7 heteroatoms. The van der Waals surface area contributed by atoms with Gasteiger partial charge in [-0.05, 0) is 12.8 Å². The number of carboxylic acid groups (broad SMARTS) is 1. The smallest absolute Gasteiger partial charge is 0.394 e. The van der Waals surface area contributed by atoms with E-state index in [1.54, 1.807) is 0 Å². The van der Waals surface area contributed by atoms with Gasteiger partial charge in [0.1, 0.15) is 5.54 Å². The van der Waals surface area contributed by atoms with Crippen molar-refractivity contribution in [1.29, 1.82) is 0 Å². The molecule has 1 fully saturated rings. The Morgan fingerprint density at radius 1 is 1.10 bits per heavy atom. The van der Waals surface area contributed by atoms with Crippen LogP contribution in [0.25, 0.3) is 0 Å². The quantitative estimate of drug-likeness (QED) is 0.783. The third-order valence-corrected chi connectivity index (χ3v) is 4.12. The first-order chi connectivity index (χ1) is 9.50. The third kappa shape index (κ3) is 4.35. The Hall–Kier alpha value is -1.27. The molecule has 0 radical (unpaired) electrons. The third-order valence-electron chi connectivity index (χ3n) is 4.12. The maximum atomic E-state index is 12.8. The zero-order valence-corrected chi connectivity index (χ0v) is 12.3. The van der Waals surface area contributed by atoms with E-state index in [2.05, 4.69) is 5.32 Å². The van der Waals surface area contributed by atoms with Crippen molar-refractivity contribution >= 4 is 11.9 Å². The molecule has 0 aromatic rings. The molecule has 0 bridgehead atoms. The van der Waals surface area contributed by atoms with Gasteiger partial charge in [0.2, 0.25) is 5.91 Å². The highest BCUT2D eigenvalue weighted by atomic mass is 19.4. The summed E-state index contributed by atoms with van der Waals surface area (Å²) >= 11 is 0. The molecule has 1 rings (SSSR count). The molecule has 1 aliphatic rings. The van der Waals surface area contributed by atoms with E-state index >= 15 is 0 Å². The largest absolute Gasteiger partial charge is 0.480 e. The lowest BCUT2D eigenvalue weighted by atomic mass is 9.86. The average molecular weight is 309 g/mol. The first-order valence-electron chi connectivity index (χ1n) is 7.11. The number of hydrogen-bond acceptors (Lipinski definition) is 2. The van der Waals surface area contributed by atoms with Crippen molar-refractivity contribution in [3.05, 3.63) is 0 Å². The SMILES string of the molecule is CC(C)(CC(=O)NC1(C(=O)O)CCCCCC1)C(F)(F)F. The number of carbonyl (C=O) groups excluding carboxylic acids is 1. The summed E-state index contributed by atoms with van der Waals surface area (Å²) in [5.41, 5.74) is -3.60. The highest BCUT2D eigenvalue weighted by Gasteiger charge is 2.49. The second kappa shape index (κ2) is 6.23. The Morgan fingerprint density at radius 3 is 1.95 bits per heavy atom. The minimum absolute atomic E-state index is 0.264. The highest BCUT2D eigenvalue weighted by molar-refractivity contribution is 5.87. The van der Waals surface area contributed by atoms with Gasteiger partial charge in [0.05, 0.1) is 5.41 Å². The van der Waals surface area contributed by atoms with E-state index in [0.29, 0.717) is 12.8 Å². The Balaban J connectivity index is 2.80. The maximum Gasteiger partial charge on any atom is 0.394 e. The first kappa shape index (κ1) is 17.8. The standard InChI is InChI=1S/C14H22F3NO3/c1-12(2,14(15,16)17)9-10(19)18-13(11(20)21)7-5-3-4-6-8-13/h3-9H2,1-2H3,(H,18,19)(H,20,21). The van der Waals surface area contributed by atoms with Crippen molar-refractivity contribution in [1.82, 2.24) is 5.32 Å². The van der Waals surface area contributed by atoms with Crippen molar-refractivity contribution in [2.45, 2.75) is 70.5 Å². The van der Waals surface area contributed by atoms with Gasteiger partial charge in [-0.1, -0.05) is 39.5 Å². The second-order valence-corrected chi connectivity index (χ2v) is 6.41. The van der Waals surface area contributed by atoms with E-state index < -0.39 is 35.4 Å². The van der Waals surface area contributed by atoms with Gasteiger partial charge in [-0.15, -0.1) is 0 Å². The summed E-state index contributed by atoms with van der Waals surface area (Å²) < 4.78 is 38.4. The van der Waals surface area contributed by atoms with Crippen molar-refractivity contribution in [2.75, 3.05) is 0 Å². The zero-order valence-electron chi connectivity index (χ0n) is 12.3. The van der Waals surface area contributed by atoms with Crippen LogP contribution in [0.15, 0.2) is 0 Å². The molecule has 4 nitrogen and oxygen atoms in total. The minimum atomic E-state index is -4.51. The number of nitrogens with one attached hydrogen (secondary N) is 1. The predicted octanol–water partition coefficient (Wildman–Crippen LogP) is 3.26. The normalized spacial score (nSPS) is 19.7. The molecular formula is C14H22F3NO3. The van der Waals surface area contributed by atoms with Gasteiger partial charge < -0.3 is 10.4 Å². The van der Waals surface area contributed by atoms with E-state index in [0.717, 1.165) is 26.7 Å². The average Bonchev–Trinajstić information content (AvgIpc) is 2.53. The van der Waals surface area contributed by atoms with Crippen LogP contribution in [-0.2, 0) is 9.59 Å². The van der Waals surface area contributed by atoms with Gasteiger partial charge in [0, 0.05) is 6.42 Å². The monoisotopic (exact) mass is 309 g/mol. The fourth-order valence-electron chi connectivity index (χ4n) is 2.54. The zero-order chi connectivity index (χ0) is 16.3. The Kier molecular flexibility index (Phi) is 5.28. The van der Waals surface area contributed by atoms with Crippen molar-refractivity contribution in [3.63, 3.8) is 0 Å². The molecule has 0 spiro atoms. The Bertz CT molecular complexity index is 397. The molecule has 0 aromatic heterocycles. The molecule has 0 aliphatic heterocycles. The van der Waals surface area contributed by atoms with Crippen LogP contribution in [0.3, 0.4) is 0 Å². The molecule has 21 heavy (non-hydrogen) atoms. The van der Waals surface area contributed by atoms with E-state index in [9.17, 15) is 27.9 Å². The Morgan fingerprint density at radius 2 is 1.57 bits per heavy atom. The number of carboxylic acids is 1. The van der Waals surface area contributed by atoms with Crippen LogP contribution in [-0.4, -0.2) is 28.7 Å². The first-order valence-corrected chi connectivity index (χ1v) is 7.11. The lowest BCUT2D eigenvalue weighted by molar-refractivity contribution is -0.214. The molecule has 1 aliphatic carbocycles. The van der Waals surface area contributed by atoms with Gasteiger partial charge in [-0.3, -0.25) is 4.79 Å². The molecule has 122 valence electrons. The van der Waals surface area contributed by atoms with Gasteiger partial charge >= 0.3 is 12.1 Å². The fourth-order valence-corrected chi connectivity index (χ4v) is 2.54. The predicted molar refractivity (Wildman–Crippen MR) is 70.7 cm³/mol. The molecule has 0 aromatic carbocycles. The Labute approximate surface area is 122 Å². The van der Waals surface area contributed by atoms with Crippen LogP contribution in [0.2, 0.25) is 0 Å². The molecule has 0 unspecified atom stereocenters. The lowest BCUT2D eigenvalue weighted by Gasteiger charge is -2.32. The molecule has 1 amide bonds. The maximum absolute atomic E-state index is 12.8. The molecule has 0 atom stereocenters. The minimum Gasteiger partial charge on any atom is -0.480 e. The van der Waals surface area contributed by atoms with Crippen LogP contribution in [0.1, 0.15) is 58.8 Å². The van der Waals surface area contributed by atoms with Crippen LogP contribution in [0.5, 0.6) is 0 Å². The van der Waals surface area contributed by atoms with Crippen molar-refractivity contribution < 1.29 is 27.9 Å².